The number of nitrogens with one attached hydrogen (secondary N) is 2. The Balaban J connectivity index is 1.19. The third-order valence-corrected chi connectivity index (χ3v) is 7.15. The maximum atomic E-state index is 12.4. The number of piperidine rings is 1. The Morgan fingerprint density at radius 1 is 0.935 bits per heavy atom. The van der Waals surface area contributed by atoms with Gasteiger partial charge in [0.2, 0.25) is 0 Å². The number of likely N-dealkylation sites (tertiary alicyclic amines) is 1. The summed E-state index contributed by atoms with van der Waals surface area (Å²) in [5.41, 5.74) is 2.64. The van der Waals surface area contributed by atoms with E-state index in [1.54, 1.807) is 0 Å². The topological polar surface area (TPSA) is 44.4 Å². The number of urea groups is 1. The molecule has 0 bridgehead atoms. The van der Waals surface area contributed by atoms with Crippen LogP contribution in [-0.2, 0) is 12.8 Å². The summed E-state index contributed by atoms with van der Waals surface area (Å²) in [6.07, 6.45) is 7.94. The summed E-state index contributed by atoms with van der Waals surface area (Å²) >= 11 is 6.01. The van der Waals surface area contributed by atoms with Crippen LogP contribution in [0, 0.1) is 5.92 Å². The van der Waals surface area contributed by atoms with Gasteiger partial charge in [0.05, 0.1) is 0 Å². The molecule has 2 aliphatic rings. The Labute approximate surface area is 191 Å². The van der Waals surface area contributed by atoms with Crippen LogP contribution >= 0.6 is 11.6 Å². The van der Waals surface area contributed by atoms with Crippen molar-refractivity contribution in [3.8, 4) is 0 Å². The van der Waals surface area contributed by atoms with Gasteiger partial charge in [-0.1, -0.05) is 54.1 Å². The molecule has 1 aliphatic carbocycles. The summed E-state index contributed by atoms with van der Waals surface area (Å²) in [5.74, 6) is 0.742. The zero-order valence-electron chi connectivity index (χ0n) is 18.2. The molecule has 0 radical (unpaired) electrons. The SMILES string of the molecule is O=C(NCCc1ccccc1)NC1CCCC1N1CCC(Cc2ccc(Cl)cc2)CC1. The Kier molecular flexibility index (Phi) is 7.87. The number of benzene rings is 2. The molecule has 1 saturated carbocycles. The molecule has 4 nitrogen and oxygen atoms in total. The molecule has 0 aromatic heterocycles. The second-order valence-electron chi connectivity index (χ2n) is 9.05. The number of rotatable bonds is 7. The Morgan fingerprint density at radius 2 is 1.68 bits per heavy atom. The van der Waals surface area contributed by atoms with Crippen molar-refractivity contribution >= 4 is 17.6 Å². The predicted molar refractivity (Wildman–Crippen MR) is 128 cm³/mol. The molecule has 0 spiro atoms. The molecule has 1 heterocycles. The van der Waals surface area contributed by atoms with E-state index in [1.165, 1.54) is 36.8 Å². The van der Waals surface area contributed by atoms with Gasteiger partial charge >= 0.3 is 6.03 Å². The smallest absolute Gasteiger partial charge is 0.315 e. The van der Waals surface area contributed by atoms with E-state index in [0.29, 0.717) is 12.6 Å². The predicted octanol–water partition coefficient (Wildman–Crippen LogP) is 5.06. The number of halogens is 1. The lowest BCUT2D eigenvalue weighted by atomic mass is 9.89. The normalized spacial score (nSPS) is 22.4. The van der Waals surface area contributed by atoms with Crippen molar-refractivity contribution in [1.29, 1.82) is 0 Å². The first-order valence-electron chi connectivity index (χ1n) is 11.7. The third kappa shape index (κ3) is 6.47. The van der Waals surface area contributed by atoms with Crippen molar-refractivity contribution in [3.63, 3.8) is 0 Å². The molecular weight excluding hydrogens is 406 g/mol. The Bertz CT molecular complexity index is 818. The van der Waals surface area contributed by atoms with Gasteiger partial charge in [-0.3, -0.25) is 4.90 Å². The first-order valence-corrected chi connectivity index (χ1v) is 12.1. The monoisotopic (exact) mass is 439 g/mol. The average Bonchev–Trinajstić information content (AvgIpc) is 3.24. The van der Waals surface area contributed by atoms with E-state index in [1.807, 2.05) is 30.3 Å². The zero-order chi connectivity index (χ0) is 21.5. The quantitative estimate of drug-likeness (QED) is 0.633. The van der Waals surface area contributed by atoms with Crippen molar-refractivity contribution in [3.05, 3.63) is 70.7 Å². The molecule has 166 valence electrons. The maximum absolute atomic E-state index is 12.4. The number of nitrogens with zero attached hydrogens (tertiary/aromatic N) is 1. The van der Waals surface area contributed by atoms with Gasteiger partial charge in [0, 0.05) is 23.7 Å². The molecule has 2 fully saturated rings. The fraction of sp³-hybridized carbons (Fsp3) is 0.500. The van der Waals surface area contributed by atoms with Gasteiger partial charge in [0.15, 0.2) is 0 Å². The van der Waals surface area contributed by atoms with Crippen molar-refractivity contribution < 1.29 is 4.79 Å². The highest BCUT2D eigenvalue weighted by Crippen LogP contribution is 2.30. The summed E-state index contributed by atoms with van der Waals surface area (Å²) in [6.45, 7) is 2.94. The van der Waals surface area contributed by atoms with Crippen molar-refractivity contribution in [2.24, 2.45) is 5.92 Å². The summed E-state index contributed by atoms with van der Waals surface area (Å²) in [4.78, 5) is 15.1. The molecule has 1 saturated heterocycles. The first-order chi connectivity index (χ1) is 15.2. The molecule has 2 N–H and O–H groups in total. The van der Waals surface area contributed by atoms with Crippen molar-refractivity contribution in [2.75, 3.05) is 19.6 Å². The van der Waals surface area contributed by atoms with E-state index in [-0.39, 0.29) is 12.1 Å². The van der Waals surface area contributed by atoms with E-state index in [4.69, 9.17) is 11.6 Å². The standard InChI is InChI=1S/C26H34ClN3O/c27-23-11-9-21(10-12-23)19-22-14-17-30(18-15-22)25-8-4-7-24(25)29-26(31)28-16-13-20-5-2-1-3-6-20/h1-3,5-6,9-12,22,24-25H,4,7-8,13-19H2,(H2,28,29,31). The molecule has 5 heteroatoms. The van der Waals surface area contributed by atoms with Gasteiger partial charge in [0.25, 0.3) is 0 Å². The number of hydrogen-bond acceptors (Lipinski definition) is 2. The minimum Gasteiger partial charge on any atom is -0.338 e. The maximum Gasteiger partial charge on any atom is 0.315 e. The summed E-state index contributed by atoms with van der Waals surface area (Å²) < 4.78 is 0. The van der Waals surface area contributed by atoms with Crippen molar-refractivity contribution in [1.82, 2.24) is 15.5 Å². The summed E-state index contributed by atoms with van der Waals surface area (Å²) in [7, 11) is 0. The molecule has 31 heavy (non-hydrogen) atoms. The minimum atomic E-state index is -0.0227. The van der Waals surface area contributed by atoms with E-state index in [2.05, 4.69) is 39.8 Å². The number of hydrogen-bond donors (Lipinski definition) is 2. The third-order valence-electron chi connectivity index (χ3n) is 6.89. The fourth-order valence-corrected chi connectivity index (χ4v) is 5.30. The van der Waals surface area contributed by atoms with Gasteiger partial charge in [0.1, 0.15) is 0 Å². The van der Waals surface area contributed by atoms with Gasteiger partial charge in [-0.2, -0.15) is 0 Å². The average molecular weight is 440 g/mol. The summed E-state index contributed by atoms with van der Waals surface area (Å²) in [6, 6.07) is 19.3. The molecule has 1 aliphatic heterocycles. The van der Waals surface area contributed by atoms with Gasteiger partial charge in [-0.15, -0.1) is 0 Å². The number of carbonyl (C=O) groups excluding carboxylic acids is 1. The van der Waals surface area contributed by atoms with Crippen molar-refractivity contribution in [2.45, 2.75) is 57.0 Å². The number of amides is 2. The lowest BCUT2D eigenvalue weighted by Gasteiger charge is -2.38. The zero-order valence-corrected chi connectivity index (χ0v) is 19.0. The van der Waals surface area contributed by atoms with Crippen LogP contribution < -0.4 is 10.6 Å². The Hall–Kier alpha value is -2.04. The molecule has 2 atom stereocenters. The lowest BCUT2D eigenvalue weighted by molar-refractivity contribution is 0.119. The highest BCUT2D eigenvalue weighted by molar-refractivity contribution is 6.30. The van der Waals surface area contributed by atoms with Gasteiger partial charge in [-0.25, -0.2) is 4.79 Å². The van der Waals surface area contributed by atoms with E-state index in [9.17, 15) is 4.79 Å². The Morgan fingerprint density at radius 3 is 2.42 bits per heavy atom. The minimum absolute atomic E-state index is 0.0227. The van der Waals surface area contributed by atoms with Crippen LogP contribution in [0.3, 0.4) is 0 Å². The van der Waals surface area contributed by atoms with Crippen LogP contribution in [0.15, 0.2) is 54.6 Å². The lowest BCUT2D eigenvalue weighted by Crippen LogP contribution is -2.53. The van der Waals surface area contributed by atoms with Crippen LogP contribution in [0.5, 0.6) is 0 Å². The van der Waals surface area contributed by atoms with E-state index < -0.39 is 0 Å². The summed E-state index contributed by atoms with van der Waals surface area (Å²) in [5, 5.41) is 7.11. The fourth-order valence-electron chi connectivity index (χ4n) is 5.17. The van der Waals surface area contributed by atoms with Crippen LogP contribution in [0.4, 0.5) is 4.79 Å². The van der Waals surface area contributed by atoms with Gasteiger partial charge in [-0.05, 0) is 87.2 Å². The van der Waals surface area contributed by atoms with Crippen LogP contribution in [-0.4, -0.2) is 42.6 Å². The second kappa shape index (κ2) is 11.0. The van der Waals surface area contributed by atoms with E-state index in [0.717, 1.165) is 43.3 Å². The first kappa shape index (κ1) is 22.2. The molecular formula is C26H34ClN3O. The highest BCUT2D eigenvalue weighted by atomic mass is 35.5. The van der Waals surface area contributed by atoms with Crippen LogP contribution in [0.1, 0.15) is 43.2 Å². The molecule has 2 unspecified atom stereocenters. The van der Waals surface area contributed by atoms with Crippen LogP contribution in [0.25, 0.3) is 0 Å². The highest BCUT2D eigenvalue weighted by Gasteiger charge is 2.34. The molecule has 4 rings (SSSR count). The largest absolute Gasteiger partial charge is 0.338 e. The molecule has 2 amide bonds. The van der Waals surface area contributed by atoms with Crippen LogP contribution in [0.2, 0.25) is 5.02 Å². The molecule has 2 aromatic rings. The molecule has 2 aromatic carbocycles. The second-order valence-corrected chi connectivity index (χ2v) is 9.49. The number of carbonyl (C=O) groups is 1. The van der Waals surface area contributed by atoms with Gasteiger partial charge < -0.3 is 10.6 Å². The van der Waals surface area contributed by atoms with E-state index >= 15 is 0 Å².